The number of halogens is 1. The van der Waals surface area contributed by atoms with Crippen molar-refractivity contribution in [2.75, 3.05) is 19.6 Å². The molecular formula is C24H28FN5O3. The lowest BCUT2D eigenvalue weighted by molar-refractivity contribution is -0.134. The molecule has 174 valence electrons. The number of H-pyrrole nitrogens is 1. The van der Waals surface area contributed by atoms with Gasteiger partial charge in [0.05, 0.1) is 18.5 Å². The molecule has 2 aromatic rings. The summed E-state index contributed by atoms with van der Waals surface area (Å²) in [6.07, 6.45) is 2.73. The Morgan fingerprint density at radius 3 is 2.67 bits per heavy atom. The second-order valence-corrected chi connectivity index (χ2v) is 9.15. The van der Waals surface area contributed by atoms with Gasteiger partial charge < -0.3 is 24.9 Å². The minimum Gasteiger partial charge on any atom is -0.341 e. The molecule has 2 aliphatic rings. The van der Waals surface area contributed by atoms with Crippen LogP contribution >= 0.6 is 0 Å². The molecule has 0 saturated carbocycles. The minimum absolute atomic E-state index is 0.0311. The highest BCUT2D eigenvalue weighted by Gasteiger charge is 2.49. The van der Waals surface area contributed by atoms with Crippen LogP contribution in [0.3, 0.4) is 0 Å². The van der Waals surface area contributed by atoms with Gasteiger partial charge in [-0.1, -0.05) is 13.8 Å². The number of nitrogens with one attached hydrogen (secondary N) is 2. The van der Waals surface area contributed by atoms with Gasteiger partial charge in [0.25, 0.3) is 11.8 Å². The van der Waals surface area contributed by atoms with Gasteiger partial charge in [0.15, 0.2) is 6.23 Å². The number of amides is 2. The van der Waals surface area contributed by atoms with E-state index in [1.165, 1.54) is 18.3 Å². The van der Waals surface area contributed by atoms with Crippen LogP contribution in [0.5, 0.6) is 0 Å². The fourth-order valence-corrected chi connectivity index (χ4v) is 4.13. The average Bonchev–Trinajstić information content (AvgIpc) is 3.34. The predicted octanol–water partition coefficient (Wildman–Crippen LogP) is 3.08. The lowest BCUT2D eigenvalue weighted by Gasteiger charge is -2.35. The molecule has 0 bridgehead atoms. The molecule has 0 aliphatic carbocycles. The van der Waals surface area contributed by atoms with Crippen LogP contribution in [-0.2, 0) is 9.53 Å². The van der Waals surface area contributed by atoms with Crippen LogP contribution in [0.1, 0.15) is 49.6 Å². The first-order valence-electron chi connectivity index (χ1n) is 11.0. The summed E-state index contributed by atoms with van der Waals surface area (Å²) in [6.45, 7) is 8.56. The van der Waals surface area contributed by atoms with Crippen LogP contribution in [0.2, 0.25) is 0 Å². The lowest BCUT2D eigenvalue weighted by Crippen LogP contribution is -2.53. The zero-order chi connectivity index (χ0) is 23.9. The number of hydrogen-bond donors (Lipinski definition) is 2. The van der Waals surface area contributed by atoms with Gasteiger partial charge in [-0.05, 0) is 61.2 Å². The van der Waals surface area contributed by atoms with Crippen molar-refractivity contribution in [2.45, 2.75) is 39.5 Å². The number of aromatic nitrogens is 2. The van der Waals surface area contributed by atoms with E-state index < -0.39 is 11.8 Å². The third-order valence-corrected chi connectivity index (χ3v) is 5.99. The Labute approximate surface area is 191 Å². The van der Waals surface area contributed by atoms with Crippen molar-refractivity contribution in [1.82, 2.24) is 19.8 Å². The molecule has 2 fully saturated rings. The topological polar surface area (TPSA) is 102 Å². The van der Waals surface area contributed by atoms with Crippen molar-refractivity contribution < 1.29 is 18.7 Å². The first-order valence-corrected chi connectivity index (χ1v) is 11.0. The number of rotatable bonds is 5. The number of imidazole rings is 1. The van der Waals surface area contributed by atoms with Crippen molar-refractivity contribution >= 4 is 23.1 Å². The summed E-state index contributed by atoms with van der Waals surface area (Å²) in [5, 5.41) is 8.38. The average molecular weight is 454 g/mol. The van der Waals surface area contributed by atoms with E-state index in [0.717, 1.165) is 5.57 Å². The van der Waals surface area contributed by atoms with E-state index in [9.17, 15) is 14.0 Å². The third-order valence-electron chi connectivity index (χ3n) is 5.99. The predicted molar refractivity (Wildman–Crippen MR) is 121 cm³/mol. The van der Waals surface area contributed by atoms with Crippen molar-refractivity contribution in [2.24, 2.45) is 5.92 Å². The van der Waals surface area contributed by atoms with E-state index in [4.69, 9.17) is 10.1 Å². The first kappa shape index (κ1) is 22.8. The molecule has 3 heterocycles. The molecule has 0 radical (unpaired) electrons. The Hall–Kier alpha value is -3.33. The Morgan fingerprint density at radius 1 is 1.30 bits per heavy atom. The molecule has 0 spiro atoms. The monoisotopic (exact) mass is 453 g/mol. The largest absolute Gasteiger partial charge is 0.341 e. The van der Waals surface area contributed by atoms with E-state index >= 15 is 0 Å². The van der Waals surface area contributed by atoms with E-state index in [1.54, 1.807) is 41.9 Å². The number of ether oxygens (including phenoxy) is 1. The zero-order valence-electron chi connectivity index (χ0n) is 19.2. The van der Waals surface area contributed by atoms with Gasteiger partial charge in [0.1, 0.15) is 22.9 Å². The Morgan fingerprint density at radius 2 is 2.00 bits per heavy atom. The number of carbonyl (C=O) groups is 2. The molecule has 1 atom stereocenters. The van der Waals surface area contributed by atoms with Gasteiger partial charge in [-0.15, -0.1) is 0 Å². The molecule has 33 heavy (non-hydrogen) atoms. The fourth-order valence-electron chi connectivity index (χ4n) is 4.13. The SMILES string of the molecule is CC(C)/C(=C/C(=N)c1ccc(F)cc1)c1ncc(C(=O)N2CCN3C(=O)C(C)(C)O[C@H]3C2)[nH]1. The summed E-state index contributed by atoms with van der Waals surface area (Å²) >= 11 is 0. The van der Waals surface area contributed by atoms with E-state index in [1.807, 2.05) is 13.8 Å². The minimum atomic E-state index is -0.878. The van der Waals surface area contributed by atoms with Crippen molar-refractivity contribution in [1.29, 1.82) is 5.41 Å². The smallest absolute Gasteiger partial charge is 0.272 e. The zero-order valence-corrected chi connectivity index (χ0v) is 19.2. The number of carbonyl (C=O) groups excluding carboxylic acids is 2. The van der Waals surface area contributed by atoms with Gasteiger partial charge in [-0.2, -0.15) is 0 Å². The van der Waals surface area contributed by atoms with Crippen LogP contribution < -0.4 is 0 Å². The number of fused-ring (bicyclic) bond motifs is 1. The summed E-state index contributed by atoms with van der Waals surface area (Å²) < 4.78 is 19.1. The number of hydrogen-bond acceptors (Lipinski definition) is 5. The molecule has 2 aliphatic heterocycles. The fraction of sp³-hybridized carbons (Fsp3) is 0.417. The summed E-state index contributed by atoms with van der Waals surface area (Å²) in [5.41, 5.74) is 1.03. The standard InChI is InChI=1S/C24H28FN5O3/c1-14(2)17(11-18(26)15-5-7-16(25)8-6-15)21-27-12-19(28-21)22(31)29-9-10-30-20(13-29)33-24(3,4)23(30)32/h5-8,11-12,14,20,26H,9-10,13H2,1-4H3,(H,27,28)/b17-11-,26-18?/t20-/m0/s1. The highest BCUT2D eigenvalue weighted by atomic mass is 19.1. The number of piperazine rings is 1. The number of benzene rings is 1. The summed E-state index contributed by atoms with van der Waals surface area (Å²) in [5.74, 6) is -0.0916. The highest BCUT2D eigenvalue weighted by Crippen LogP contribution is 2.30. The van der Waals surface area contributed by atoms with Gasteiger partial charge >= 0.3 is 0 Å². The Balaban J connectivity index is 1.51. The molecule has 4 rings (SSSR count). The summed E-state index contributed by atoms with van der Waals surface area (Å²) in [6, 6.07) is 5.75. The molecule has 0 unspecified atom stereocenters. The molecule has 2 saturated heterocycles. The van der Waals surface area contributed by atoms with E-state index in [0.29, 0.717) is 36.7 Å². The van der Waals surface area contributed by atoms with Gasteiger partial charge in [-0.3, -0.25) is 9.59 Å². The normalized spacial score (nSPS) is 20.4. The molecule has 2 N–H and O–H groups in total. The van der Waals surface area contributed by atoms with Crippen molar-refractivity contribution in [3.8, 4) is 0 Å². The highest BCUT2D eigenvalue weighted by molar-refractivity contribution is 6.10. The number of allylic oxidation sites excluding steroid dienone is 2. The van der Waals surface area contributed by atoms with Crippen LogP contribution in [-0.4, -0.2) is 68.8 Å². The van der Waals surface area contributed by atoms with Gasteiger partial charge in [-0.25, -0.2) is 9.37 Å². The van der Waals surface area contributed by atoms with Crippen LogP contribution in [0.4, 0.5) is 4.39 Å². The molecule has 1 aromatic carbocycles. The first-order chi connectivity index (χ1) is 15.6. The van der Waals surface area contributed by atoms with Crippen LogP contribution in [0, 0.1) is 17.1 Å². The maximum Gasteiger partial charge on any atom is 0.272 e. The van der Waals surface area contributed by atoms with E-state index in [-0.39, 0.29) is 29.3 Å². The second-order valence-electron chi connectivity index (χ2n) is 9.15. The van der Waals surface area contributed by atoms with Crippen LogP contribution in [0.15, 0.2) is 36.5 Å². The van der Waals surface area contributed by atoms with Gasteiger partial charge in [0.2, 0.25) is 0 Å². The number of aromatic amines is 1. The Bertz CT molecular complexity index is 1120. The van der Waals surface area contributed by atoms with Crippen LogP contribution in [0.25, 0.3) is 5.57 Å². The number of nitrogens with zero attached hydrogens (tertiary/aromatic N) is 3. The summed E-state index contributed by atoms with van der Waals surface area (Å²) in [7, 11) is 0. The maximum absolute atomic E-state index is 13.2. The quantitative estimate of drug-likeness (QED) is 0.679. The summed E-state index contributed by atoms with van der Waals surface area (Å²) in [4.78, 5) is 36.3. The van der Waals surface area contributed by atoms with Crippen molar-refractivity contribution in [3.05, 3.63) is 59.4 Å². The Kier molecular flexibility index (Phi) is 5.92. The second kappa shape index (κ2) is 8.55. The molecule has 2 amide bonds. The molecular weight excluding hydrogens is 425 g/mol. The lowest BCUT2D eigenvalue weighted by atomic mass is 9.98. The van der Waals surface area contributed by atoms with Gasteiger partial charge in [0, 0.05) is 13.1 Å². The van der Waals surface area contributed by atoms with E-state index in [2.05, 4.69) is 9.97 Å². The molecule has 8 nitrogen and oxygen atoms in total. The third kappa shape index (κ3) is 4.45. The molecule has 1 aromatic heterocycles. The van der Waals surface area contributed by atoms with Crippen molar-refractivity contribution in [3.63, 3.8) is 0 Å². The molecule has 9 heteroatoms. The maximum atomic E-state index is 13.2.